The summed E-state index contributed by atoms with van der Waals surface area (Å²) in [7, 11) is 3.92. The van der Waals surface area contributed by atoms with E-state index in [0.717, 1.165) is 50.7 Å². The largest absolute Gasteiger partial charge is 0.493 e. The number of methoxy groups -OCH3 is 1. The van der Waals surface area contributed by atoms with Gasteiger partial charge >= 0.3 is 0 Å². The molecule has 1 aromatic carbocycles. The van der Waals surface area contributed by atoms with Crippen molar-refractivity contribution in [2.75, 3.05) is 20.7 Å². The Labute approximate surface area is 153 Å². The lowest BCUT2D eigenvalue weighted by Gasteiger charge is -2.59. The van der Waals surface area contributed by atoms with Gasteiger partial charge in [-0.2, -0.15) is 0 Å². The van der Waals surface area contributed by atoms with Gasteiger partial charge in [0, 0.05) is 29.9 Å². The van der Waals surface area contributed by atoms with Gasteiger partial charge in [0.2, 0.25) is 0 Å². The summed E-state index contributed by atoms with van der Waals surface area (Å²) in [5.74, 6) is 1.28. The first-order valence-corrected chi connectivity index (χ1v) is 9.35. The maximum absolute atomic E-state index is 10.8. The second-order valence-electron chi connectivity index (χ2n) is 7.97. The van der Waals surface area contributed by atoms with E-state index in [0.29, 0.717) is 12.0 Å². The normalized spacial score (nSPS) is 36.3. The summed E-state index contributed by atoms with van der Waals surface area (Å²) in [4.78, 5) is 11.5. The lowest BCUT2D eigenvalue weighted by molar-refractivity contribution is -0.134. The minimum absolute atomic E-state index is 0.00625. The number of hydrogen-bond donors (Lipinski definition) is 2. The molecule has 2 aliphatic carbocycles. The molecule has 2 heterocycles. The molecule has 6 nitrogen and oxygen atoms in total. The molecule has 26 heavy (non-hydrogen) atoms. The van der Waals surface area contributed by atoms with Crippen molar-refractivity contribution in [2.24, 2.45) is 5.92 Å². The molecular formula is C20H27NO5. The number of nitrogens with zero attached hydrogens (tertiary/aromatic N) is 1. The Morgan fingerprint density at radius 2 is 2.12 bits per heavy atom. The molecule has 142 valence electrons. The first-order chi connectivity index (χ1) is 12.4. The molecule has 1 saturated heterocycles. The summed E-state index contributed by atoms with van der Waals surface area (Å²) in [6, 6.07) is 4.70. The molecular weight excluding hydrogens is 334 g/mol. The molecule has 2 aliphatic heterocycles. The first kappa shape index (κ1) is 17.6. The number of carbonyl (C=O) groups is 1. The van der Waals surface area contributed by atoms with E-state index < -0.39 is 5.97 Å². The lowest BCUT2D eigenvalue weighted by atomic mass is 9.51. The second kappa shape index (κ2) is 6.13. The van der Waals surface area contributed by atoms with Gasteiger partial charge in [0.15, 0.2) is 11.5 Å². The molecule has 2 bridgehead atoms. The maximum atomic E-state index is 10.8. The van der Waals surface area contributed by atoms with Crippen molar-refractivity contribution in [3.05, 3.63) is 23.3 Å². The van der Waals surface area contributed by atoms with Crippen LogP contribution in [-0.2, 0) is 16.6 Å². The van der Waals surface area contributed by atoms with Crippen LogP contribution in [0.1, 0.15) is 37.3 Å². The fraction of sp³-hybridized carbons (Fsp3) is 0.650. The number of aliphatic hydroxyl groups is 1. The molecule has 5 atom stereocenters. The van der Waals surface area contributed by atoms with Crippen LogP contribution in [0.4, 0.5) is 0 Å². The quantitative estimate of drug-likeness (QED) is 0.794. The minimum Gasteiger partial charge on any atom is -0.493 e. The predicted octanol–water partition coefficient (Wildman–Crippen LogP) is 1.82. The van der Waals surface area contributed by atoms with E-state index >= 15 is 0 Å². The van der Waals surface area contributed by atoms with E-state index in [1.165, 1.54) is 11.1 Å². The van der Waals surface area contributed by atoms with Gasteiger partial charge in [-0.25, -0.2) is 0 Å². The molecule has 1 aromatic rings. The average molecular weight is 361 g/mol. The van der Waals surface area contributed by atoms with Gasteiger partial charge in [0.05, 0.1) is 13.2 Å². The third-order valence-electron chi connectivity index (χ3n) is 6.75. The molecule has 1 saturated carbocycles. The summed E-state index contributed by atoms with van der Waals surface area (Å²) < 4.78 is 12.0. The number of carboxylic acid groups (broad SMARTS) is 1. The molecule has 2 fully saturated rings. The highest BCUT2D eigenvalue weighted by molar-refractivity contribution is 5.63. The van der Waals surface area contributed by atoms with Crippen LogP contribution >= 0.6 is 0 Å². The van der Waals surface area contributed by atoms with Crippen LogP contribution < -0.4 is 9.47 Å². The van der Waals surface area contributed by atoms with Gasteiger partial charge in [-0.15, -0.1) is 0 Å². The zero-order valence-corrected chi connectivity index (χ0v) is 15.6. The summed E-state index contributed by atoms with van der Waals surface area (Å²) in [5, 5.41) is 18.2. The van der Waals surface area contributed by atoms with E-state index in [2.05, 4.69) is 24.1 Å². The molecule has 6 heteroatoms. The fourth-order valence-electron chi connectivity index (χ4n) is 5.88. The highest BCUT2D eigenvalue weighted by Gasteiger charge is 2.65. The van der Waals surface area contributed by atoms with Crippen LogP contribution in [-0.4, -0.2) is 60.0 Å². The number of aliphatic hydroxyl groups excluding tert-OH is 1. The molecule has 0 aromatic heterocycles. The number of hydrogen-bond acceptors (Lipinski definition) is 5. The molecule has 5 rings (SSSR count). The van der Waals surface area contributed by atoms with Crippen molar-refractivity contribution in [1.29, 1.82) is 0 Å². The standard InChI is InChI=1S/C18H23NO3.C2H4O2/c1-19-8-7-18-14-6-4-12(20)16(18)11(19)9-10-3-5-13(21-2)17(22-14)15(10)18;1-2(3)4/h3,5,11-12,14,16,20H,4,6-9H2,1-2H3;1H3,(H,3,4)/t11-,12+,14+,16-,18-;/m1./s1. The topological polar surface area (TPSA) is 79.2 Å². The van der Waals surface area contributed by atoms with E-state index in [1.54, 1.807) is 7.11 Å². The van der Waals surface area contributed by atoms with Gasteiger partial charge in [-0.3, -0.25) is 4.79 Å². The third kappa shape index (κ3) is 2.28. The summed E-state index contributed by atoms with van der Waals surface area (Å²) in [6.45, 7) is 2.17. The monoisotopic (exact) mass is 361 g/mol. The van der Waals surface area contributed by atoms with Crippen LogP contribution in [0.3, 0.4) is 0 Å². The van der Waals surface area contributed by atoms with Gasteiger partial charge in [0.25, 0.3) is 5.97 Å². The number of ether oxygens (including phenoxy) is 2. The van der Waals surface area contributed by atoms with Gasteiger partial charge in [-0.1, -0.05) is 6.07 Å². The Morgan fingerprint density at radius 1 is 1.38 bits per heavy atom. The number of benzene rings is 1. The molecule has 0 radical (unpaired) electrons. The molecule has 4 aliphatic rings. The Bertz CT molecular complexity index is 731. The number of likely N-dealkylation sites (N-methyl/N-ethyl adjacent to an activating group) is 1. The number of rotatable bonds is 1. The fourth-order valence-corrected chi connectivity index (χ4v) is 5.88. The third-order valence-corrected chi connectivity index (χ3v) is 6.75. The molecule has 1 spiro atoms. The van der Waals surface area contributed by atoms with Crippen molar-refractivity contribution in [2.45, 2.75) is 56.3 Å². The Balaban J connectivity index is 0.000000385. The zero-order chi connectivity index (χ0) is 18.6. The summed E-state index contributed by atoms with van der Waals surface area (Å²) >= 11 is 0. The highest BCUT2D eigenvalue weighted by Crippen LogP contribution is 2.63. The van der Waals surface area contributed by atoms with Crippen molar-refractivity contribution < 1.29 is 24.5 Å². The van der Waals surface area contributed by atoms with Crippen LogP contribution in [0, 0.1) is 5.92 Å². The van der Waals surface area contributed by atoms with E-state index in [1.807, 2.05) is 0 Å². The maximum Gasteiger partial charge on any atom is 0.300 e. The van der Waals surface area contributed by atoms with Crippen molar-refractivity contribution in [3.63, 3.8) is 0 Å². The zero-order valence-electron chi connectivity index (χ0n) is 15.6. The lowest BCUT2D eigenvalue weighted by Crippen LogP contribution is -2.67. The summed E-state index contributed by atoms with van der Waals surface area (Å²) in [6.07, 6.45) is 3.90. The Morgan fingerprint density at radius 3 is 2.81 bits per heavy atom. The van der Waals surface area contributed by atoms with Gasteiger partial charge in [-0.05, 0) is 50.9 Å². The average Bonchev–Trinajstić information content (AvgIpc) is 2.93. The van der Waals surface area contributed by atoms with E-state index in [-0.39, 0.29) is 17.6 Å². The van der Waals surface area contributed by atoms with Crippen LogP contribution in [0.15, 0.2) is 12.1 Å². The number of likely N-dealkylation sites (tertiary alicyclic amines) is 1. The van der Waals surface area contributed by atoms with E-state index in [4.69, 9.17) is 19.4 Å². The predicted molar refractivity (Wildman–Crippen MR) is 95.9 cm³/mol. The Hall–Kier alpha value is -1.79. The smallest absolute Gasteiger partial charge is 0.300 e. The van der Waals surface area contributed by atoms with E-state index in [9.17, 15) is 5.11 Å². The van der Waals surface area contributed by atoms with Crippen LogP contribution in [0.25, 0.3) is 0 Å². The first-order valence-electron chi connectivity index (χ1n) is 9.35. The van der Waals surface area contributed by atoms with Crippen LogP contribution in [0.2, 0.25) is 0 Å². The van der Waals surface area contributed by atoms with Crippen molar-refractivity contribution in [1.82, 2.24) is 4.90 Å². The SMILES string of the molecule is CC(=O)O.COc1ccc2c3c1O[C@H]1CC[C@H](O)[C@H]4[C@@H](C2)N(C)CC[C@@]341. The number of aliphatic carboxylic acids is 1. The molecule has 2 N–H and O–H groups in total. The van der Waals surface area contributed by atoms with Gasteiger partial charge < -0.3 is 24.6 Å². The minimum atomic E-state index is -0.833. The molecule has 0 unspecified atom stereocenters. The van der Waals surface area contributed by atoms with Crippen LogP contribution in [0.5, 0.6) is 11.5 Å². The number of carboxylic acids is 1. The van der Waals surface area contributed by atoms with Crippen molar-refractivity contribution in [3.8, 4) is 11.5 Å². The molecule has 0 amide bonds. The highest BCUT2D eigenvalue weighted by atomic mass is 16.5. The number of piperidine rings is 1. The van der Waals surface area contributed by atoms with Gasteiger partial charge in [0.1, 0.15) is 6.10 Å². The Kier molecular flexibility index (Phi) is 4.15. The van der Waals surface area contributed by atoms with Crippen molar-refractivity contribution >= 4 is 5.97 Å². The second-order valence-corrected chi connectivity index (χ2v) is 7.97. The summed E-state index contributed by atoms with van der Waals surface area (Å²) in [5.41, 5.74) is 2.77.